The fourth-order valence-electron chi connectivity index (χ4n) is 2.75. The summed E-state index contributed by atoms with van der Waals surface area (Å²) in [4.78, 5) is 4.51. The highest BCUT2D eigenvalue weighted by Crippen LogP contribution is 2.32. The molecule has 2 rings (SSSR count). The number of nitrogens with zero attached hydrogens (tertiary/aromatic N) is 2. The van der Waals surface area contributed by atoms with Gasteiger partial charge in [0.1, 0.15) is 5.82 Å². The van der Waals surface area contributed by atoms with Gasteiger partial charge in [-0.25, -0.2) is 4.98 Å². The number of aromatic nitrogens is 2. The number of aryl methyl sites for hydroxylation is 1. The van der Waals surface area contributed by atoms with Crippen LogP contribution in [0.2, 0.25) is 0 Å². The van der Waals surface area contributed by atoms with Crippen molar-refractivity contribution in [3.63, 3.8) is 0 Å². The molecule has 2 unspecified atom stereocenters. The van der Waals surface area contributed by atoms with Crippen molar-refractivity contribution >= 4 is 16.7 Å². The average Bonchev–Trinajstić information content (AvgIpc) is 2.77. The standard InChI is InChI=1S/C13H23N3S/c1-4-12-15-13(17-16-12)14-11-8-6-5-7-10(11)9(2)3/h9-11H,4-8H2,1-3H3,(H,14,15,16). The summed E-state index contributed by atoms with van der Waals surface area (Å²) in [5.74, 6) is 2.51. The van der Waals surface area contributed by atoms with Crippen LogP contribution in [-0.2, 0) is 6.42 Å². The predicted octanol–water partition coefficient (Wildman–Crippen LogP) is 3.73. The highest BCUT2D eigenvalue weighted by atomic mass is 32.1. The highest BCUT2D eigenvalue weighted by Gasteiger charge is 2.27. The first-order chi connectivity index (χ1) is 8.20. The Morgan fingerprint density at radius 3 is 2.76 bits per heavy atom. The van der Waals surface area contributed by atoms with Crippen LogP contribution in [0, 0.1) is 11.8 Å². The van der Waals surface area contributed by atoms with Gasteiger partial charge < -0.3 is 5.32 Å². The maximum Gasteiger partial charge on any atom is 0.202 e. The van der Waals surface area contributed by atoms with Gasteiger partial charge >= 0.3 is 0 Å². The van der Waals surface area contributed by atoms with Crippen LogP contribution in [-0.4, -0.2) is 15.4 Å². The number of nitrogens with one attached hydrogen (secondary N) is 1. The van der Waals surface area contributed by atoms with E-state index >= 15 is 0 Å². The summed E-state index contributed by atoms with van der Waals surface area (Å²) in [5, 5.41) is 4.63. The highest BCUT2D eigenvalue weighted by molar-refractivity contribution is 7.09. The minimum absolute atomic E-state index is 0.599. The van der Waals surface area contributed by atoms with Crippen LogP contribution in [0.15, 0.2) is 0 Å². The lowest BCUT2D eigenvalue weighted by molar-refractivity contribution is 0.254. The zero-order valence-corrected chi connectivity index (χ0v) is 11.9. The molecule has 96 valence electrons. The Morgan fingerprint density at radius 2 is 2.12 bits per heavy atom. The Kier molecular flexibility index (Phi) is 4.37. The topological polar surface area (TPSA) is 37.8 Å². The zero-order chi connectivity index (χ0) is 12.3. The number of anilines is 1. The van der Waals surface area contributed by atoms with E-state index < -0.39 is 0 Å². The van der Waals surface area contributed by atoms with Gasteiger partial charge in [-0.3, -0.25) is 0 Å². The van der Waals surface area contributed by atoms with E-state index in [2.05, 4.69) is 35.4 Å². The van der Waals surface area contributed by atoms with E-state index in [0.29, 0.717) is 6.04 Å². The fourth-order valence-corrected chi connectivity index (χ4v) is 3.46. The average molecular weight is 253 g/mol. The molecule has 0 radical (unpaired) electrons. The van der Waals surface area contributed by atoms with Crippen LogP contribution >= 0.6 is 11.5 Å². The van der Waals surface area contributed by atoms with Crippen molar-refractivity contribution in [2.75, 3.05) is 5.32 Å². The lowest BCUT2D eigenvalue weighted by atomic mass is 9.78. The summed E-state index contributed by atoms with van der Waals surface area (Å²) in [6.07, 6.45) is 6.30. The van der Waals surface area contributed by atoms with Gasteiger partial charge in [-0.05, 0) is 24.7 Å². The van der Waals surface area contributed by atoms with Gasteiger partial charge in [0.25, 0.3) is 0 Å². The Balaban J connectivity index is 2.00. The molecule has 2 atom stereocenters. The van der Waals surface area contributed by atoms with Gasteiger partial charge in [-0.15, -0.1) is 0 Å². The maximum atomic E-state index is 4.51. The third kappa shape index (κ3) is 3.18. The molecule has 0 saturated heterocycles. The SMILES string of the molecule is CCc1nsc(NC2CCCCC2C(C)C)n1. The lowest BCUT2D eigenvalue weighted by Crippen LogP contribution is -2.35. The molecule has 0 amide bonds. The van der Waals surface area contributed by atoms with Crippen LogP contribution in [0.4, 0.5) is 5.13 Å². The molecule has 17 heavy (non-hydrogen) atoms. The molecular formula is C13H23N3S. The molecule has 0 bridgehead atoms. The van der Waals surface area contributed by atoms with Crippen molar-refractivity contribution in [3.05, 3.63) is 5.82 Å². The van der Waals surface area contributed by atoms with Crippen molar-refractivity contribution in [1.29, 1.82) is 0 Å². The second-order valence-electron chi connectivity index (χ2n) is 5.31. The van der Waals surface area contributed by atoms with Crippen molar-refractivity contribution in [1.82, 2.24) is 9.36 Å². The fraction of sp³-hybridized carbons (Fsp3) is 0.846. The van der Waals surface area contributed by atoms with Crippen LogP contribution in [0.3, 0.4) is 0 Å². The van der Waals surface area contributed by atoms with E-state index in [0.717, 1.165) is 29.2 Å². The third-order valence-corrected chi connectivity index (χ3v) is 4.45. The normalized spacial score (nSPS) is 25.2. The molecule has 1 aliphatic rings. The van der Waals surface area contributed by atoms with Crippen LogP contribution in [0.5, 0.6) is 0 Å². The summed E-state index contributed by atoms with van der Waals surface area (Å²) < 4.78 is 4.34. The summed E-state index contributed by atoms with van der Waals surface area (Å²) >= 11 is 1.51. The largest absolute Gasteiger partial charge is 0.357 e. The quantitative estimate of drug-likeness (QED) is 0.888. The van der Waals surface area contributed by atoms with Crippen LogP contribution in [0.25, 0.3) is 0 Å². The Morgan fingerprint density at radius 1 is 1.35 bits per heavy atom. The van der Waals surface area contributed by atoms with E-state index in [1.807, 2.05) is 0 Å². The van der Waals surface area contributed by atoms with E-state index in [1.54, 1.807) is 0 Å². The van der Waals surface area contributed by atoms with E-state index in [4.69, 9.17) is 0 Å². The number of hydrogen-bond donors (Lipinski definition) is 1. The molecule has 3 nitrogen and oxygen atoms in total. The third-order valence-electron chi connectivity index (χ3n) is 3.77. The van der Waals surface area contributed by atoms with Gasteiger partial charge in [0.05, 0.1) is 0 Å². The molecule has 1 aromatic heterocycles. The molecule has 1 aromatic rings. The van der Waals surface area contributed by atoms with Gasteiger partial charge in [0.15, 0.2) is 0 Å². The van der Waals surface area contributed by atoms with Gasteiger partial charge in [-0.1, -0.05) is 33.6 Å². The zero-order valence-electron chi connectivity index (χ0n) is 11.1. The first-order valence-electron chi connectivity index (χ1n) is 6.79. The van der Waals surface area contributed by atoms with Crippen molar-refractivity contribution < 1.29 is 0 Å². The summed E-state index contributed by atoms with van der Waals surface area (Å²) in [7, 11) is 0. The van der Waals surface area contributed by atoms with Gasteiger partial charge in [0.2, 0.25) is 5.13 Å². The number of rotatable bonds is 4. The summed E-state index contributed by atoms with van der Waals surface area (Å²) in [6, 6.07) is 0.599. The van der Waals surface area contributed by atoms with E-state index in [9.17, 15) is 0 Å². The second kappa shape index (κ2) is 5.80. The molecule has 1 heterocycles. The smallest absolute Gasteiger partial charge is 0.202 e. The maximum absolute atomic E-state index is 4.51. The summed E-state index contributed by atoms with van der Waals surface area (Å²) in [6.45, 7) is 6.77. The Bertz CT molecular complexity index is 348. The Labute approximate surface area is 108 Å². The molecular weight excluding hydrogens is 230 g/mol. The molecule has 1 fully saturated rings. The van der Waals surface area contributed by atoms with Gasteiger partial charge in [0, 0.05) is 24.0 Å². The molecule has 1 saturated carbocycles. The minimum atomic E-state index is 0.599. The molecule has 0 aromatic carbocycles. The predicted molar refractivity (Wildman–Crippen MR) is 73.5 cm³/mol. The van der Waals surface area contributed by atoms with Crippen molar-refractivity contribution in [3.8, 4) is 0 Å². The molecule has 0 aliphatic heterocycles. The second-order valence-corrected chi connectivity index (χ2v) is 6.06. The first-order valence-corrected chi connectivity index (χ1v) is 7.57. The lowest BCUT2D eigenvalue weighted by Gasteiger charge is -2.34. The molecule has 4 heteroatoms. The Hall–Kier alpha value is -0.640. The summed E-state index contributed by atoms with van der Waals surface area (Å²) in [5.41, 5.74) is 0. The monoisotopic (exact) mass is 253 g/mol. The van der Waals surface area contributed by atoms with Gasteiger partial charge in [-0.2, -0.15) is 4.37 Å². The van der Waals surface area contributed by atoms with E-state index in [-0.39, 0.29) is 0 Å². The van der Waals surface area contributed by atoms with E-state index in [1.165, 1.54) is 37.2 Å². The molecule has 1 N–H and O–H groups in total. The van der Waals surface area contributed by atoms with Crippen LogP contribution in [0.1, 0.15) is 52.3 Å². The van der Waals surface area contributed by atoms with Crippen molar-refractivity contribution in [2.45, 2.75) is 58.9 Å². The first kappa shape index (κ1) is 12.8. The minimum Gasteiger partial charge on any atom is -0.357 e. The number of hydrogen-bond acceptors (Lipinski definition) is 4. The van der Waals surface area contributed by atoms with Crippen molar-refractivity contribution in [2.24, 2.45) is 11.8 Å². The molecule has 0 spiro atoms. The van der Waals surface area contributed by atoms with Crippen LogP contribution < -0.4 is 5.32 Å². The molecule has 1 aliphatic carbocycles.